The van der Waals surface area contributed by atoms with Gasteiger partial charge in [-0.25, -0.2) is 0 Å². The molecule has 0 radical (unpaired) electrons. The number of fused-ring (bicyclic) bond motifs is 10. The third kappa shape index (κ3) is 3.30. The van der Waals surface area contributed by atoms with Crippen molar-refractivity contribution in [2.24, 2.45) is 0 Å². The lowest BCUT2D eigenvalue weighted by Gasteiger charge is -2.26. The fourth-order valence-corrected chi connectivity index (χ4v) is 6.61. The first kappa shape index (κ1) is 11.0. The Kier molecular flexibility index (Phi) is 2.20. The second-order valence-corrected chi connectivity index (χ2v) is 10.8. The highest BCUT2D eigenvalue weighted by atomic mass is 16.3. The number of hydrogen-bond donors (Lipinski definition) is 0. The maximum Gasteiger partial charge on any atom is 0.143 e. The first-order valence-electron chi connectivity index (χ1n) is 27.0. The Hall–Kier alpha value is -5.66. The number of hydrogen-bond acceptors (Lipinski definition) is 1. The van der Waals surface area contributed by atoms with E-state index in [2.05, 4.69) is 0 Å². The molecule has 10 rings (SSSR count). The lowest BCUT2D eigenvalue weighted by atomic mass is 9.76. The molecule has 0 saturated carbocycles. The van der Waals surface area contributed by atoms with Gasteiger partial charge in [-0.1, -0.05) is 147 Å². The molecule has 1 aliphatic carbocycles. The van der Waals surface area contributed by atoms with Gasteiger partial charge in [-0.05, 0) is 83.5 Å². The summed E-state index contributed by atoms with van der Waals surface area (Å²) in [5, 5.41) is -5.06. The minimum atomic E-state index is -3.63. The Morgan fingerprint density at radius 2 is 1.13 bits per heavy atom. The van der Waals surface area contributed by atoms with E-state index < -0.39 is 233 Å². The first-order chi connectivity index (χ1) is 33.4. The molecule has 0 bridgehead atoms. The van der Waals surface area contributed by atoms with Crippen molar-refractivity contribution in [3.8, 4) is 33.4 Å². The van der Waals surface area contributed by atoms with Crippen LogP contribution in [-0.2, 0) is 5.41 Å². The van der Waals surface area contributed by atoms with Crippen molar-refractivity contribution in [2.75, 3.05) is 0 Å². The second kappa shape index (κ2) is 9.19. The Labute approximate surface area is 303 Å². The van der Waals surface area contributed by atoms with E-state index in [1.54, 1.807) is 0 Å². The van der Waals surface area contributed by atoms with Gasteiger partial charge in [0.15, 0.2) is 0 Å². The third-order valence-corrected chi connectivity index (χ3v) is 8.47. The average molecular weight is 613 g/mol. The first-order valence-corrected chi connectivity index (χ1v) is 14.0. The zero-order valence-corrected chi connectivity index (χ0v) is 23.2. The summed E-state index contributed by atoms with van der Waals surface area (Å²) in [5.41, 5.74) is -9.27. The van der Waals surface area contributed by atoms with Gasteiger partial charge >= 0.3 is 0 Å². The van der Waals surface area contributed by atoms with Crippen LogP contribution >= 0.6 is 0 Å². The Balaban J connectivity index is 1.59. The normalized spacial score (nSPS) is 22.2. The number of benzene rings is 8. The maximum atomic E-state index is 9.64. The highest BCUT2D eigenvalue weighted by Crippen LogP contribution is 2.55. The topological polar surface area (TPSA) is 13.1 Å². The molecule has 0 N–H and O–H groups in total. The van der Waals surface area contributed by atoms with Gasteiger partial charge in [-0.2, -0.15) is 0 Å². The molecule has 1 heterocycles. The van der Waals surface area contributed by atoms with Crippen molar-refractivity contribution in [2.45, 2.75) is 19.1 Å². The van der Waals surface area contributed by atoms with Crippen LogP contribution in [0.25, 0.3) is 87.6 Å². The van der Waals surface area contributed by atoms with Crippen molar-refractivity contribution in [1.82, 2.24) is 0 Å². The van der Waals surface area contributed by atoms with Gasteiger partial charge in [0.2, 0.25) is 0 Å². The van der Waals surface area contributed by atoms with E-state index >= 15 is 0 Å². The largest absolute Gasteiger partial charge is 0.455 e. The van der Waals surface area contributed by atoms with Gasteiger partial charge in [0.1, 0.15) is 11.2 Å². The summed E-state index contributed by atoms with van der Waals surface area (Å²) in [5.74, 6) is 0. The summed E-state index contributed by atoms with van der Waals surface area (Å²) in [6.07, 6.45) is 0. The van der Waals surface area contributed by atoms with Crippen molar-refractivity contribution < 1.29 is 40.1 Å². The molecule has 46 heavy (non-hydrogen) atoms. The van der Waals surface area contributed by atoms with Gasteiger partial charge in [-0.15, -0.1) is 0 Å². The van der Waals surface area contributed by atoms with Crippen LogP contribution in [0, 0.1) is 0 Å². The summed E-state index contributed by atoms with van der Waals surface area (Å²) < 4.78 is 243. The number of furan rings is 1. The minimum absolute atomic E-state index is 0.155. The van der Waals surface area contributed by atoms with Gasteiger partial charge in [0, 0.05) is 29.8 Å². The Morgan fingerprint density at radius 3 is 1.87 bits per heavy atom. The van der Waals surface area contributed by atoms with Crippen LogP contribution in [0.15, 0.2) is 150 Å². The fourth-order valence-electron chi connectivity index (χ4n) is 6.61. The molecular formula is C45H30O. The molecular weight excluding hydrogens is 556 g/mol. The standard InChI is InChI=1S/C45H30O/c1-45(2)38-23-10-9-15-29(38)34-20-11-22-36(43(34)45)41-32-18-7-5-16-30(32)40(31-17-6-8-19-33(31)41)35-21-12-24-39-42(35)37-26-25-27-13-3-4-14-28(27)44(37)46-39/h3-26H,1-2H3/i1D3,2D3,3D,4D,5D,6D,7D,8D,11D,12D,13D,14D,16D,17D,18D,19D,20D,21D,22D,24D,25D,26D. The molecule has 1 aromatic heterocycles. The monoisotopic (exact) mass is 612 g/mol. The highest BCUT2D eigenvalue weighted by Gasteiger charge is 2.38. The van der Waals surface area contributed by atoms with E-state index in [1.165, 1.54) is 24.3 Å². The summed E-state index contributed by atoms with van der Waals surface area (Å²) in [7, 11) is 0. The van der Waals surface area contributed by atoms with E-state index in [0.29, 0.717) is 0 Å². The van der Waals surface area contributed by atoms with Gasteiger partial charge in [-0.3, -0.25) is 0 Å². The quantitative estimate of drug-likeness (QED) is 0.177. The smallest absolute Gasteiger partial charge is 0.143 e. The lowest BCUT2D eigenvalue weighted by molar-refractivity contribution is 0.662. The summed E-state index contributed by atoms with van der Waals surface area (Å²) in [6.45, 7) is -7.26. The van der Waals surface area contributed by atoms with E-state index in [9.17, 15) is 12.3 Å². The molecule has 9 aromatic rings. The van der Waals surface area contributed by atoms with Crippen LogP contribution in [0.5, 0.6) is 0 Å². The predicted octanol–water partition coefficient (Wildman–Crippen LogP) is 12.7. The summed E-state index contributed by atoms with van der Waals surface area (Å²) in [6, 6.07) is -13.2. The SMILES string of the molecule is [2H]c1c([2H])c2c(c(-c3c4c([2H])c([2H])c([2H])c([2H])c4c(-c4c([2H])c([2H])c([2H])c5oc6c7c([2H])c([2H])c([2H])c([2H])c7c([2H])c([2H])c6c45)c4c([2H])c([2H])c([2H])c([2H])c34)c1[2H])C(C([2H])([2H])[2H])(C([2H])([2H])[2H])c1ccccc1-2. The van der Waals surface area contributed by atoms with Crippen molar-refractivity contribution >= 4 is 54.3 Å². The van der Waals surface area contributed by atoms with E-state index in [-0.39, 0.29) is 5.56 Å². The molecule has 0 fully saturated rings. The zero-order valence-electron chi connectivity index (χ0n) is 49.2. The fraction of sp³-hybridized carbons (Fsp3) is 0.0667. The van der Waals surface area contributed by atoms with Crippen LogP contribution in [-0.4, -0.2) is 0 Å². The molecule has 0 amide bonds. The van der Waals surface area contributed by atoms with Gasteiger partial charge in [0.25, 0.3) is 0 Å². The Bertz CT molecular complexity index is 3970. The Morgan fingerprint density at radius 1 is 0.522 bits per heavy atom. The van der Waals surface area contributed by atoms with Gasteiger partial charge in [0.05, 0.1) is 27.4 Å². The highest BCUT2D eigenvalue weighted by molar-refractivity contribution is 6.27. The van der Waals surface area contributed by atoms with E-state index in [4.69, 9.17) is 27.7 Å². The molecule has 0 spiro atoms. The van der Waals surface area contributed by atoms with Crippen LogP contribution in [0.2, 0.25) is 0 Å². The zero-order chi connectivity index (χ0) is 53.0. The molecule has 0 aliphatic heterocycles. The van der Waals surface area contributed by atoms with Crippen molar-refractivity contribution in [1.29, 1.82) is 0 Å². The van der Waals surface area contributed by atoms with Crippen molar-refractivity contribution in [3.63, 3.8) is 0 Å². The molecule has 0 unspecified atom stereocenters. The molecule has 8 aromatic carbocycles. The van der Waals surface area contributed by atoms with E-state index in [1.807, 2.05) is 0 Å². The minimum Gasteiger partial charge on any atom is -0.455 e. The van der Waals surface area contributed by atoms with Crippen molar-refractivity contribution in [3.05, 3.63) is 156 Å². The number of rotatable bonds is 2. The predicted molar refractivity (Wildman–Crippen MR) is 195 cm³/mol. The third-order valence-electron chi connectivity index (χ3n) is 8.47. The average Bonchev–Trinajstić information content (AvgIpc) is 3.87. The second-order valence-electron chi connectivity index (χ2n) is 10.8. The molecule has 0 saturated heterocycles. The molecule has 0 atom stereocenters. The van der Waals surface area contributed by atoms with Crippen LogP contribution in [0.4, 0.5) is 0 Å². The van der Waals surface area contributed by atoms with Crippen LogP contribution in [0.3, 0.4) is 0 Å². The maximum absolute atomic E-state index is 9.64. The summed E-state index contributed by atoms with van der Waals surface area (Å²) in [4.78, 5) is 0. The van der Waals surface area contributed by atoms with E-state index in [0.717, 1.165) is 0 Å². The summed E-state index contributed by atoms with van der Waals surface area (Å²) >= 11 is 0. The van der Waals surface area contributed by atoms with Crippen LogP contribution < -0.4 is 0 Å². The van der Waals surface area contributed by atoms with Gasteiger partial charge < -0.3 is 4.42 Å². The molecule has 1 heteroatoms. The lowest BCUT2D eigenvalue weighted by Crippen LogP contribution is -2.16. The van der Waals surface area contributed by atoms with Crippen LogP contribution in [0.1, 0.15) is 60.5 Å². The molecule has 1 nitrogen and oxygen atoms in total. The molecule has 1 aliphatic rings. The molecule has 216 valence electrons.